The molecular weight excluding hydrogens is 401 g/mol. The summed E-state index contributed by atoms with van der Waals surface area (Å²) in [5, 5.41) is 0. The molecule has 140 valence electrons. The second-order valence-electron chi connectivity index (χ2n) is 5.86. The van der Waals surface area contributed by atoms with Crippen LogP contribution in [-0.4, -0.2) is 31.6 Å². The zero-order valence-corrected chi connectivity index (χ0v) is 16.1. The maximum atomic E-state index is 13.2. The Kier molecular flexibility index (Phi) is 4.70. The van der Waals surface area contributed by atoms with Gasteiger partial charge in [-0.2, -0.15) is 4.98 Å². The summed E-state index contributed by atoms with van der Waals surface area (Å²) in [5.41, 5.74) is 0.0795. The summed E-state index contributed by atoms with van der Waals surface area (Å²) in [7, 11) is 1.57. The van der Waals surface area contributed by atoms with E-state index >= 15 is 0 Å². The van der Waals surface area contributed by atoms with Crippen LogP contribution in [-0.2, 0) is 4.79 Å². The quantitative estimate of drug-likeness (QED) is 0.484. The van der Waals surface area contributed by atoms with E-state index in [0.717, 1.165) is 11.8 Å². The van der Waals surface area contributed by atoms with Crippen LogP contribution in [0, 0.1) is 5.82 Å². The Labute approximate surface area is 168 Å². The summed E-state index contributed by atoms with van der Waals surface area (Å²) >= 11 is 6.23. The summed E-state index contributed by atoms with van der Waals surface area (Å²) in [4.78, 5) is 31.4. The molecule has 0 radical (unpaired) electrons. The minimum atomic E-state index is -0.411. The molecule has 0 unspecified atom stereocenters. The number of carbonyl (C=O) groups excluding carboxylic acids is 1. The number of hydrogen-bond acceptors (Lipinski definition) is 6. The molecule has 28 heavy (non-hydrogen) atoms. The van der Waals surface area contributed by atoms with Gasteiger partial charge in [0.2, 0.25) is 5.88 Å². The summed E-state index contributed by atoms with van der Waals surface area (Å²) in [6, 6.07) is 10.4. The average molecular weight is 413 g/mol. The van der Waals surface area contributed by atoms with Crippen LogP contribution in [0.1, 0.15) is 5.56 Å². The number of hydrogen-bond donors (Lipinski definition) is 0. The number of amides is 1. The lowest BCUT2D eigenvalue weighted by Gasteiger charge is -2.10. The van der Waals surface area contributed by atoms with Gasteiger partial charge in [-0.05, 0) is 42.5 Å². The molecule has 0 N–H and O–H groups in total. The number of pyridine rings is 1. The van der Waals surface area contributed by atoms with Crippen LogP contribution in [0.4, 0.5) is 4.39 Å². The fraction of sp³-hybridized carbons (Fsp3) is 0.0526. The predicted molar refractivity (Wildman–Crippen MR) is 109 cm³/mol. The highest BCUT2D eigenvalue weighted by Crippen LogP contribution is 2.33. The first-order valence-electron chi connectivity index (χ1n) is 8.10. The number of aromatic nitrogens is 2. The number of rotatable bonds is 3. The molecule has 1 aliphatic heterocycles. The molecule has 0 aliphatic carbocycles. The zero-order valence-electron chi connectivity index (χ0n) is 14.5. The Bertz CT molecular complexity index is 1210. The Morgan fingerprint density at radius 1 is 1.18 bits per heavy atom. The highest BCUT2D eigenvalue weighted by molar-refractivity contribution is 8.26. The lowest BCUT2D eigenvalue weighted by molar-refractivity contribution is -0.121. The number of likely N-dealkylation sites (N-methyl/N-ethyl adjacent to an activating group) is 1. The molecule has 1 fully saturated rings. The second-order valence-corrected chi connectivity index (χ2v) is 7.54. The topological polar surface area (TPSA) is 63.9 Å². The normalized spacial score (nSPS) is 15.6. The highest BCUT2D eigenvalue weighted by Gasteiger charge is 2.29. The molecule has 0 atom stereocenters. The van der Waals surface area contributed by atoms with Gasteiger partial charge in [0.25, 0.3) is 11.5 Å². The van der Waals surface area contributed by atoms with Crippen LogP contribution in [0.15, 0.2) is 58.4 Å². The van der Waals surface area contributed by atoms with E-state index < -0.39 is 11.4 Å². The molecule has 6 nitrogen and oxygen atoms in total. The van der Waals surface area contributed by atoms with Gasteiger partial charge in [-0.15, -0.1) is 0 Å². The van der Waals surface area contributed by atoms with Crippen LogP contribution in [0.3, 0.4) is 0 Å². The molecule has 1 aromatic carbocycles. The predicted octanol–water partition coefficient (Wildman–Crippen LogP) is 3.46. The third-order valence-corrected chi connectivity index (χ3v) is 5.51. The van der Waals surface area contributed by atoms with Gasteiger partial charge in [0, 0.05) is 13.2 Å². The molecule has 3 aromatic rings. The van der Waals surface area contributed by atoms with Crippen molar-refractivity contribution in [2.24, 2.45) is 0 Å². The van der Waals surface area contributed by atoms with E-state index in [-0.39, 0.29) is 17.4 Å². The zero-order chi connectivity index (χ0) is 19.8. The van der Waals surface area contributed by atoms with Crippen LogP contribution < -0.4 is 10.3 Å². The smallest absolute Gasteiger partial charge is 0.269 e. The van der Waals surface area contributed by atoms with Gasteiger partial charge in [-0.1, -0.05) is 30.0 Å². The minimum absolute atomic E-state index is 0.0178. The Hall–Kier alpha value is -3.04. The Balaban J connectivity index is 1.89. The van der Waals surface area contributed by atoms with E-state index in [1.807, 2.05) is 0 Å². The van der Waals surface area contributed by atoms with E-state index in [2.05, 4.69) is 4.98 Å². The van der Waals surface area contributed by atoms with E-state index in [4.69, 9.17) is 17.0 Å². The van der Waals surface area contributed by atoms with Gasteiger partial charge < -0.3 is 4.74 Å². The molecule has 0 bridgehead atoms. The molecule has 0 saturated carbocycles. The van der Waals surface area contributed by atoms with Gasteiger partial charge in [-0.25, -0.2) is 4.39 Å². The molecule has 1 saturated heterocycles. The van der Waals surface area contributed by atoms with Gasteiger partial charge in [0.05, 0.1) is 4.91 Å². The van der Waals surface area contributed by atoms with Gasteiger partial charge in [0.1, 0.15) is 27.1 Å². The SMILES string of the molecule is CN1C(=O)/C(=C/c2c(Oc3ccc(F)cc3)nc3ccccn3c2=O)SC1=S. The number of benzene rings is 1. The van der Waals surface area contributed by atoms with Crippen molar-refractivity contribution in [1.29, 1.82) is 0 Å². The average Bonchev–Trinajstić information content (AvgIpc) is 2.93. The molecule has 1 amide bonds. The molecular formula is C19H12FN3O3S2. The standard InChI is InChI=1S/C19H12FN3O3S2/c1-22-18(25)14(28-19(22)27)10-13-16(26-12-7-5-11(20)6-8-12)21-15-4-2-3-9-23(15)17(13)24/h2-10H,1H3/b14-10-. The van der Waals surface area contributed by atoms with Crippen LogP contribution in [0.25, 0.3) is 11.7 Å². The van der Waals surface area contributed by atoms with Crippen molar-refractivity contribution < 1.29 is 13.9 Å². The van der Waals surface area contributed by atoms with Gasteiger partial charge >= 0.3 is 0 Å². The molecule has 0 spiro atoms. The maximum absolute atomic E-state index is 13.2. The molecule has 4 rings (SSSR count). The number of ether oxygens (including phenoxy) is 1. The number of carbonyl (C=O) groups is 1. The maximum Gasteiger partial charge on any atom is 0.269 e. The van der Waals surface area contributed by atoms with Crippen molar-refractivity contribution in [3.63, 3.8) is 0 Å². The second kappa shape index (κ2) is 7.17. The monoisotopic (exact) mass is 413 g/mol. The Morgan fingerprint density at radius 2 is 1.93 bits per heavy atom. The molecule has 1 aliphatic rings. The Morgan fingerprint density at radius 3 is 2.61 bits per heavy atom. The van der Waals surface area contributed by atoms with E-state index in [1.165, 1.54) is 39.6 Å². The van der Waals surface area contributed by atoms with Crippen molar-refractivity contribution in [2.75, 3.05) is 7.05 Å². The first kappa shape index (κ1) is 18.3. The summed E-state index contributed by atoms with van der Waals surface area (Å²) in [6.07, 6.45) is 3.01. The number of thioether (sulfide) groups is 1. The molecule has 9 heteroatoms. The third kappa shape index (κ3) is 3.30. The lowest BCUT2D eigenvalue weighted by Crippen LogP contribution is -2.22. The van der Waals surface area contributed by atoms with E-state index in [1.54, 1.807) is 31.4 Å². The van der Waals surface area contributed by atoms with E-state index in [9.17, 15) is 14.0 Å². The third-order valence-electron chi connectivity index (χ3n) is 4.02. The first-order chi connectivity index (χ1) is 13.4. The first-order valence-corrected chi connectivity index (χ1v) is 9.33. The van der Waals surface area contributed by atoms with Crippen LogP contribution >= 0.6 is 24.0 Å². The van der Waals surface area contributed by atoms with Crippen molar-refractivity contribution in [3.8, 4) is 11.6 Å². The van der Waals surface area contributed by atoms with Crippen molar-refractivity contribution in [1.82, 2.24) is 14.3 Å². The molecule has 2 aromatic heterocycles. The van der Waals surface area contributed by atoms with Crippen LogP contribution in [0.2, 0.25) is 0 Å². The largest absolute Gasteiger partial charge is 0.438 e. The van der Waals surface area contributed by atoms with Crippen molar-refractivity contribution in [2.45, 2.75) is 0 Å². The number of halogens is 1. The highest BCUT2D eigenvalue weighted by atomic mass is 32.2. The fourth-order valence-electron chi connectivity index (χ4n) is 2.57. The van der Waals surface area contributed by atoms with Crippen LogP contribution in [0.5, 0.6) is 11.6 Å². The summed E-state index contributed by atoms with van der Waals surface area (Å²) in [5.74, 6) is -0.388. The van der Waals surface area contributed by atoms with Gasteiger partial charge in [0.15, 0.2) is 0 Å². The fourth-order valence-corrected chi connectivity index (χ4v) is 3.74. The molecule has 3 heterocycles. The van der Waals surface area contributed by atoms with Crippen molar-refractivity contribution >= 4 is 45.9 Å². The van der Waals surface area contributed by atoms with Gasteiger partial charge in [-0.3, -0.25) is 18.9 Å². The number of thiocarbonyl (C=S) groups is 1. The van der Waals surface area contributed by atoms with E-state index in [0.29, 0.717) is 20.6 Å². The minimum Gasteiger partial charge on any atom is -0.438 e. The van der Waals surface area contributed by atoms with Crippen molar-refractivity contribution in [3.05, 3.63) is 75.3 Å². The number of fused-ring (bicyclic) bond motifs is 1. The summed E-state index contributed by atoms with van der Waals surface area (Å²) in [6.45, 7) is 0. The number of nitrogens with zero attached hydrogens (tertiary/aromatic N) is 3. The lowest BCUT2D eigenvalue weighted by atomic mass is 10.2. The summed E-state index contributed by atoms with van der Waals surface area (Å²) < 4.78 is 20.7.